The summed E-state index contributed by atoms with van der Waals surface area (Å²) >= 11 is 0. The largest absolute Gasteiger partial charge is 0.285 e. The SMILES string of the molecule is CCCCCc1c[nH]nc1CCCCC.c1ccc2ncccc2c1. The van der Waals surface area contributed by atoms with Gasteiger partial charge in [0.25, 0.3) is 0 Å². The molecule has 2 heterocycles. The molecule has 0 atom stereocenters. The quantitative estimate of drug-likeness (QED) is 0.504. The predicted molar refractivity (Wildman–Crippen MR) is 107 cm³/mol. The van der Waals surface area contributed by atoms with Crippen molar-refractivity contribution in [1.82, 2.24) is 15.2 Å². The molecular formula is C22H31N3. The van der Waals surface area contributed by atoms with Crippen LogP contribution < -0.4 is 0 Å². The number of fused-ring (bicyclic) bond motifs is 1. The zero-order chi connectivity index (χ0) is 17.7. The van der Waals surface area contributed by atoms with E-state index in [1.165, 1.54) is 61.6 Å². The Bertz CT molecular complexity index is 628. The topological polar surface area (TPSA) is 41.6 Å². The van der Waals surface area contributed by atoms with E-state index in [2.05, 4.69) is 47.4 Å². The minimum Gasteiger partial charge on any atom is -0.285 e. The average Bonchev–Trinajstić information content (AvgIpc) is 3.10. The summed E-state index contributed by atoms with van der Waals surface area (Å²) < 4.78 is 0. The van der Waals surface area contributed by atoms with Crippen LogP contribution in [0.25, 0.3) is 10.9 Å². The minimum absolute atomic E-state index is 1.06. The highest BCUT2D eigenvalue weighted by atomic mass is 15.1. The fourth-order valence-corrected chi connectivity index (χ4v) is 2.90. The second-order valence-electron chi connectivity index (χ2n) is 6.47. The lowest BCUT2D eigenvalue weighted by Crippen LogP contribution is -1.93. The van der Waals surface area contributed by atoms with Crippen molar-refractivity contribution in [1.29, 1.82) is 0 Å². The smallest absolute Gasteiger partial charge is 0.0701 e. The van der Waals surface area contributed by atoms with Gasteiger partial charge in [-0.05, 0) is 43.4 Å². The molecule has 0 saturated heterocycles. The molecule has 3 heteroatoms. The zero-order valence-electron chi connectivity index (χ0n) is 15.7. The highest BCUT2D eigenvalue weighted by Gasteiger charge is 2.04. The number of hydrogen-bond donors (Lipinski definition) is 1. The fraction of sp³-hybridized carbons (Fsp3) is 0.455. The molecule has 0 amide bonds. The molecule has 0 aliphatic rings. The van der Waals surface area contributed by atoms with Crippen LogP contribution >= 0.6 is 0 Å². The van der Waals surface area contributed by atoms with Gasteiger partial charge in [-0.15, -0.1) is 0 Å². The number of benzene rings is 1. The number of H-pyrrole nitrogens is 1. The maximum absolute atomic E-state index is 4.34. The summed E-state index contributed by atoms with van der Waals surface area (Å²) in [5, 5.41) is 8.54. The molecule has 0 radical (unpaired) electrons. The summed E-state index contributed by atoms with van der Waals surface area (Å²) in [5.41, 5.74) is 3.81. The normalized spacial score (nSPS) is 10.5. The highest BCUT2D eigenvalue weighted by molar-refractivity contribution is 5.77. The second kappa shape index (κ2) is 11.4. The van der Waals surface area contributed by atoms with Crippen LogP contribution in [0.4, 0.5) is 0 Å². The third-order valence-electron chi connectivity index (χ3n) is 4.39. The van der Waals surface area contributed by atoms with E-state index < -0.39 is 0 Å². The summed E-state index contributed by atoms with van der Waals surface area (Å²) in [4.78, 5) is 4.18. The van der Waals surface area contributed by atoms with Crippen LogP contribution in [0, 0.1) is 0 Å². The molecular weight excluding hydrogens is 306 g/mol. The molecule has 0 fully saturated rings. The summed E-state index contributed by atoms with van der Waals surface area (Å²) in [6.07, 6.45) is 14.1. The van der Waals surface area contributed by atoms with Gasteiger partial charge in [0.1, 0.15) is 0 Å². The standard InChI is InChI=1S/C13H24N2.C9H7N/c1-3-5-7-9-12-11-14-15-13(12)10-8-6-4-2;1-2-6-9-8(4-1)5-3-7-10-9/h11H,3-10H2,1-2H3,(H,14,15);1-7H. The molecule has 2 aromatic heterocycles. The number of para-hydroxylation sites is 1. The number of aromatic amines is 1. The number of nitrogens with zero attached hydrogens (tertiary/aromatic N) is 2. The number of hydrogen-bond acceptors (Lipinski definition) is 2. The minimum atomic E-state index is 1.06. The van der Waals surface area contributed by atoms with Gasteiger partial charge < -0.3 is 0 Å². The first-order valence-electron chi connectivity index (χ1n) is 9.66. The molecule has 3 rings (SSSR count). The first kappa shape index (κ1) is 19.2. The van der Waals surface area contributed by atoms with Crippen LogP contribution in [0.15, 0.2) is 48.8 Å². The van der Waals surface area contributed by atoms with Gasteiger partial charge >= 0.3 is 0 Å². The van der Waals surface area contributed by atoms with E-state index in [9.17, 15) is 0 Å². The Hall–Kier alpha value is -2.16. The van der Waals surface area contributed by atoms with Crippen LogP contribution in [-0.4, -0.2) is 15.2 Å². The summed E-state index contributed by atoms with van der Waals surface area (Å²) in [5.74, 6) is 0. The van der Waals surface area contributed by atoms with Gasteiger partial charge in [0.15, 0.2) is 0 Å². The lowest BCUT2D eigenvalue weighted by molar-refractivity contribution is 0.687. The molecule has 0 aliphatic heterocycles. The Balaban J connectivity index is 0.000000194. The van der Waals surface area contributed by atoms with Crippen molar-refractivity contribution < 1.29 is 0 Å². The van der Waals surface area contributed by atoms with Crippen molar-refractivity contribution in [3.63, 3.8) is 0 Å². The lowest BCUT2D eigenvalue weighted by atomic mass is 10.0. The predicted octanol–water partition coefficient (Wildman–Crippen LogP) is 6.11. The monoisotopic (exact) mass is 337 g/mol. The molecule has 3 aromatic rings. The second-order valence-corrected chi connectivity index (χ2v) is 6.47. The summed E-state index contributed by atoms with van der Waals surface area (Å²) in [7, 11) is 0. The van der Waals surface area contributed by atoms with E-state index in [0.29, 0.717) is 0 Å². The Morgan fingerprint density at radius 1 is 0.840 bits per heavy atom. The van der Waals surface area contributed by atoms with Gasteiger partial charge in [-0.1, -0.05) is 63.8 Å². The van der Waals surface area contributed by atoms with E-state index in [1.807, 2.05) is 30.5 Å². The van der Waals surface area contributed by atoms with E-state index in [-0.39, 0.29) is 0 Å². The summed E-state index contributed by atoms with van der Waals surface area (Å²) in [6.45, 7) is 4.49. The van der Waals surface area contributed by atoms with E-state index >= 15 is 0 Å². The van der Waals surface area contributed by atoms with Gasteiger partial charge in [0.05, 0.1) is 11.2 Å². The van der Waals surface area contributed by atoms with E-state index in [1.54, 1.807) is 0 Å². The van der Waals surface area contributed by atoms with Crippen LogP contribution in [0.2, 0.25) is 0 Å². The maximum Gasteiger partial charge on any atom is 0.0701 e. The van der Waals surface area contributed by atoms with Gasteiger partial charge in [-0.3, -0.25) is 10.1 Å². The Kier molecular flexibility index (Phi) is 8.74. The van der Waals surface area contributed by atoms with Crippen molar-refractivity contribution in [3.8, 4) is 0 Å². The average molecular weight is 338 g/mol. The Labute approximate surface area is 151 Å². The lowest BCUT2D eigenvalue weighted by Gasteiger charge is -2.01. The van der Waals surface area contributed by atoms with Crippen molar-refractivity contribution >= 4 is 10.9 Å². The number of pyridine rings is 1. The van der Waals surface area contributed by atoms with Gasteiger partial charge in [0, 0.05) is 17.8 Å². The molecule has 0 unspecified atom stereocenters. The van der Waals surface area contributed by atoms with E-state index in [4.69, 9.17) is 0 Å². The number of nitrogens with one attached hydrogen (secondary N) is 1. The molecule has 1 N–H and O–H groups in total. The number of unbranched alkanes of at least 4 members (excludes halogenated alkanes) is 4. The van der Waals surface area contributed by atoms with Gasteiger partial charge in [-0.2, -0.15) is 5.10 Å². The molecule has 1 aromatic carbocycles. The number of aromatic nitrogens is 3. The Morgan fingerprint density at radius 3 is 2.32 bits per heavy atom. The van der Waals surface area contributed by atoms with Crippen LogP contribution in [0.5, 0.6) is 0 Å². The summed E-state index contributed by atoms with van der Waals surface area (Å²) in [6, 6.07) is 12.1. The molecule has 0 aliphatic carbocycles. The number of rotatable bonds is 8. The third-order valence-corrected chi connectivity index (χ3v) is 4.39. The zero-order valence-corrected chi connectivity index (χ0v) is 15.7. The maximum atomic E-state index is 4.34. The third kappa shape index (κ3) is 6.69. The molecule has 25 heavy (non-hydrogen) atoms. The number of aryl methyl sites for hydroxylation is 2. The van der Waals surface area contributed by atoms with Crippen LogP contribution in [-0.2, 0) is 12.8 Å². The first-order chi connectivity index (χ1) is 12.3. The molecule has 0 bridgehead atoms. The first-order valence-corrected chi connectivity index (χ1v) is 9.66. The van der Waals surface area contributed by atoms with Crippen LogP contribution in [0.3, 0.4) is 0 Å². The van der Waals surface area contributed by atoms with E-state index in [0.717, 1.165) is 11.9 Å². The molecule has 0 spiro atoms. The molecule has 0 saturated carbocycles. The molecule has 3 nitrogen and oxygen atoms in total. The van der Waals surface area contributed by atoms with Gasteiger partial charge in [0.2, 0.25) is 0 Å². The van der Waals surface area contributed by atoms with Gasteiger partial charge in [-0.25, -0.2) is 0 Å². The fourth-order valence-electron chi connectivity index (χ4n) is 2.90. The molecule has 134 valence electrons. The Morgan fingerprint density at radius 2 is 1.56 bits per heavy atom. The van der Waals surface area contributed by atoms with Crippen molar-refractivity contribution in [2.75, 3.05) is 0 Å². The van der Waals surface area contributed by atoms with Crippen molar-refractivity contribution in [2.45, 2.75) is 65.2 Å². The highest BCUT2D eigenvalue weighted by Crippen LogP contribution is 2.13. The van der Waals surface area contributed by atoms with Crippen LogP contribution in [0.1, 0.15) is 63.6 Å². The van der Waals surface area contributed by atoms with Crippen molar-refractivity contribution in [2.24, 2.45) is 0 Å². The van der Waals surface area contributed by atoms with Crippen molar-refractivity contribution in [3.05, 3.63) is 60.0 Å².